The molecule has 102 valence electrons. The Bertz CT molecular complexity index is 492. The Morgan fingerprint density at radius 1 is 1.28 bits per heavy atom. The first-order valence-corrected chi connectivity index (χ1v) is 6.46. The molecule has 1 rings (SSSR count). The fourth-order valence-corrected chi connectivity index (χ4v) is 2.68. The average molecular weight is 277 g/mol. The van der Waals surface area contributed by atoms with Crippen molar-refractivity contribution in [1.29, 1.82) is 0 Å². The first kappa shape index (κ1) is 14.8. The zero-order chi connectivity index (χ0) is 13.8. The maximum absolute atomic E-state index is 12.0. The van der Waals surface area contributed by atoms with E-state index in [2.05, 4.69) is 4.98 Å². The number of nitrogens with zero attached hydrogens (tertiary/aromatic N) is 1. The van der Waals surface area contributed by atoms with E-state index >= 15 is 0 Å². The summed E-state index contributed by atoms with van der Waals surface area (Å²) in [4.78, 5) is 3.34. The topological polar surface area (TPSA) is 146 Å². The predicted molar refractivity (Wildman–Crippen MR) is 63.0 cm³/mol. The van der Waals surface area contributed by atoms with Gasteiger partial charge in [-0.15, -0.1) is 0 Å². The molecule has 1 heterocycles. The van der Waals surface area contributed by atoms with Crippen LogP contribution >= 0.6 is 0 Å². The van der Waals surface area contributed by atoms with Crippen LogP contribution in [-0.4, -0.2) is 54.1 Å². The van der Waals surface area contributed by atoms with E-state index in [1.165, 1.54) is 18.3 Å². The molecule has 0 radical (unpaired) electrons. The SMILES string of the molecule is Nc1ncccc1S(=O)(=O)NC(CO)(CO)CO. The molecule has 18 heavy (non-hydrogen) atoms. The minimum atomic E-state index is -4.10. The highest BCUT2D eigenvalue weighted by atomic mass is 32.2. The minimum absolute atomic E-state index is 0.215. The number of nitrogens with two attached hydrogens (primary N) is 1. The number of pyridine rings is 1. The molecular formula is C9H15N3O5S. The van der Waals surface area contributed by atoms with E-state index in [0.29, 0.717) is 0 Å². The number of aliphatic hydroxyl groups excluding tert-OH is 3. The molecule has 0 aliphatic heterocycles. The van der Waals surface area contributed by atoms with E-state index in [1.54, 1.807) is 0 Å². The molecule has 0 atom stereocenters. The summed E-state index contributed by atoms with van der Waals surface area (Å²) in [6, 6.07) is 2.60. The van der Waals surface area contributed by atoms with Crippen LogP contribution in [0.5, 0.6) is 0 Å². The normalized spacial score (nSPS) is 12.6. The van der Waals surface area contributed by atoms with Crippen molar-refractivity contribution in [3.8, 4) is 0 Å². The number of aromatic nitrogens is 1. The van der Waals surface area contributed by atoms with E-state index in [-0.39, 0.29) is 10.7 Å². The van der Waals surface area contributed by atoms with Crippen LogP contribution in [0.2, 0.25) is 0 Å². The molecule has 0 spiro atoms. The number of aliphatic hydroxyl groups is 3. The van der Waals surface area contributed by atoms with Gasteiger partial charge in [-0.2, -0.15) is 4.72 Å². The number of anilines is 1. The third-order valence-corrected chi connectivity index (χ3v) is 3.97. The zero-order valence-corrected chi connectivity index (χ0v) is 10.3. The quantitative estimate of drug-likeness (QED) is 0.391. The van der Waals surface area contributed by atoms with Crippen molar-refractivity contribution in [3.63, 3.8) is 0 Å². The fourth-order valence-electron chi connectivity index (χ4n) is 1.22. The van der Waals surface area contributed by atoms with Gasteiger partial charge >= 0.3 is 0 Å². The van der Waals surface area contributed by atoms with Gasteiger partial charge in [0.25, 0.3) is 0 Å². The van der Waals surface area contributed by atoms with Crippen molar-refractivity contribution in [1.82, 2.24) is 9.71 Å². The van der Waals surface area contributed by atoms with Gasteiger partial charge in [0.1, 0.15) is 16.3 Å². The lowest BCUT2D eigenvalue weighted by Crippen LogP contribution is -2.56. The molecule has 0 saturated carbocycles. The van der Waals surface area contributed by atoms with Gasteiger partial charge < -0.3 is 21.1 Å². The van der Waals surface area contributed by atoms with Crippen LogP contribution in [0.4, 0.5) is 5.82 Å². The van der Waals surface area contributed by atoms with Crippen molar-refractivity contribution < 1.29 is 23.7 Å². The van der Waals surface area contributed by atoms with Crippen LogP contribution in [0.15, 0.2) is 23.2 Å². The van der Waals surface area contributed by atoms with Crippen molar-refractivity contribution >= 4 is 15.8 Å². The maximum Gasteiger partial charge on any atom is 0.244 e. The second-order valence-corrected chi connectivity index (χ2v) is 5.40. The van der Waals surface area contributed by atoms with E-state index in [0.717, 1.165) is 0 Å². The smallest absolute Gasteiger partial charge is 0.244 e. The lowest BCUT2D eigenvalue weighted by Gasteiger charge is -2.28. The monoisotopic (exact) mass is 277 g/mol. The summed E-state index contributed by atoms with van der Waals surface area (Å²) in [5.74, 6) is -0.215. The summed E-state index contributed by atoms with van der Waals surface area (Å²) < 4.78 is 26.0. The molecule has 1 aromatic rings. The molecule has 0 aromatic carbocycles. The second kappa shape index (κ2) is 5.59. The Balaban J connectivity index is 3.13. The Morgan fingerprint density at radius 2 is 1.83 bits per heavy atom. The van der Waals surface area contributed by atoms with Gasteiger partial charge in [0.05, 0.1) is 19.8 Å². The van der Waals surface area contributed by atoms with Crippen molar-refractivity contribution in [2.24, 2.45) is 0 Å². The van der Waals surface area contributed by atoms with Crippen LogP contribution < -0.4 is 10.5 Å². The fraction of sp³-hybridized carbons (Fsp3) is 0.444. The van der Waals surface area contributed by atoms with Crippen molar-refractivity contribution in [3.05, 3.63) is 18.3 Å². The molecule has 0 bridgehead atoms. The Labute approximate surface area is 104 Å². The molecule has 0 amide bonds. The van der Waals surface area contributed by atoms with Crippen molar-refractivity contribution in [2.45, 2.75) is 10.4 Å². The third kappa shape index (κ3) is 2.94. The molecule has 1 aromatic heterocycles. The lowest BCUT2D eigenvalue weighted by atomic mass is 10.1. The largest absolute Gasteiger partial charge is 0.394 e. The summed E-state index contributed by atoms with van der Waals surface area (Å²) in [7, 11) is -4.10. The van der Waals surface area contributed by atoms with E-state index in [9.17, 15) is 8.42 Å². The first-order valence-electron chi connectivity index (χ1n) is 4.98. The van der Waals surface area contributed by atoms with Crippen LogP contribution in [0.1, 0.15) is 0 Å². The van der Waals surface area contributed by atoms with E-state index in [4.69, 9.17) is 21.1 Å². The predicted octanol–water partition coefficient (Wildman–Crippen LogP) is -2.34. The standard InChI is InChI=1S/C9H15N3O5S/c10-8-7(2-1-3-11-8)18(16,17)12-9(4-13,5-14)6-15/h1-3,12-15H,4-6H2,(H2,10,11). The van der Waals surface area contributed by atoms with Gasteiger partial charge in [0, 0.05) is 6.20 Å². The number of nitrogens with one attached hydrogen (secondary N) is 1. The van der Waals surface area contributed by atoms with Gasteiger partial charge in [-0.1, -0.05) is 0 Å². The second-order valence-electron chi connectivity index (χ2n) is 3.75. The number of nitrogen functional groups attached to an aromatic ring is 1. The summed E-state index contributed by atoms with van der Waals surface area (Å²) >= 11 is 0. The number of sulfonamides is 1. The number of hydrogen-bond donors (Lipinski definition) is 5. The van der Waals surface area contributed by atoms with Gasteiger partial charge in [-0.25, -0.2) is 13.4 Å². The number of hydrogen-bond acceptors (Lipinski definition) is 7. The van der Waals surface area contributed by atoms with Crippen LogP contribution in [0.3, 0.4) is 0 Å². The molecular weight excluding hydrogens is 262 g/mol. The lowest BCUT2D eigenvalue weighted by molar-refractivity contribution is 0.0582. The highest BCUT2D eigenvalue weighted by Gasteiger charge is 2.34. The molecule has 8 nitrogen and oxygen atoms in total. The Morgan fingerprint density at radius 3 is 2.28 bits per heavy atom. The van der Waals surface area contributed by atoms with Gasteiger partial charge in [0.2, 0.25) is 10.0 Å². The highest BCUT2D eigenvalue weighted by molar-refractivity contribution is 7.89. The molecule has 0 aliphatic carbocycles. The van der Waals surface area contributed by atoms with Gasteiger partial charge in [-0.05, 0) is 12.1 Å². The Hall–Kier alpha value is -1.26. The number of rotatable bonds is 6. The molecule has 9 heteroatoms. The maximum atomic E-state index is 12.0. The van der Waals surface area contributed by atoms with Crippen LogP contribution in [0, 0.1) is 0 Å². The van der Waals surface area contributed by atoms with E-state index < -0.39 is 35.4 Å². The highest BCUT2D eigenvalue weighted by Crippen LogP contribution is 2.17. The van der Waals surface area contributed by atoms with Crippen molar-refractivity contribution in [2.75, 3.05) is 25.6 Å². The summed E-state index contributed by atoms with van der Waals surface area (Å²) in [5.41, 5.74) is 3.68. The average Bonchev–Trinajstić information content (AvgIpc) is 2.36. The zero-order valence-electron chi connectivity index (χ0n) is 9.44. The first-order chi connectivity index (χ1) is 8.40. The van der Waals surface area contributed by atoms with Gasteiger partial charge in [-0.3, -0.25) is 0 Å². The molecule has 0 saturated heterocycles. The molecule has 0 aliphatic rings. The minimum Gasteiger partial charge on any atom is -0.394 e. The van der Waals surface area contributed by atoms with E-state index in [1.807, 2.05) is 4.72 Å². The van der Waals surface area contributed by atoms with Gasteiger partial charge in [0.15, 0.2) is 0 Å². The molecule has 6 N–H and O–H groups in total. The van der Waals surface area contributed by atoms with Crippen LogP contribution in [-0.2, 0) is 10.0 Å². The van der Waals surface area contributed by atoms with Crippen LogP contribution in [0.25, 0.3) is 0 Å². The Kier molecular flexibility index (Phi) is 4.59. The summed E-state index contributed by atoms with van der Waals surface area (Å²) in [6.07, 6.45) is 1.33. The third-order valence-electron chi connectivity index (χ3n) is 2.35. The summed E-state index contributed by atoms with van der Waals surface area (Å²) in [5, 5.41) is 27.2. The summed E-state index contributed by atoms with van der Waals surface area (Å²) in [6.45, 7) is -2.29. The molecule has 0 unspecified atom stereocenters. The molecule has 0 fully saturated rings.